The molecule has 4 aromatic rings. The molecule has 8 heteroatoms. The van der Waals surface area contributed by atoms with E-state index in [1.165, 1.54) is 0 Å². The van der Waals surface area contributed by atoms with Crippen LogP contribution in [0.3, 0.4) is 0 Å². The number of benzene rings is 2. The minimum Gasteiger partial charge on any atom is -0.497 e. The summed E-state index contributed by atoms with van der Waals surface area (Å²) in [5.74, 6) is 2.08. The van der Waals surface area contributed by atoms with Gasteiger partial charge >= 0.3 is 0 Å². The third-order valence-electron chi connectivity index (χ3n) is 4.48. The molecule has 0 aliphatic carbocycles. The third kappa shape index (κ3) is 3.36. The molecule has 0 fully saturated rings. The lowest BCUT2D eigenvalue weighted by Gasteiger charge is -2.11. The molecule has 0 N–H and O–H groups in total. The molecule has 0 amide bonds. The molecule has 0 spiro atoms. The van der Waals surface area contributed by atoms with Crippen LogP contribution in [0.1, 0.15) is 18.9 Å². The monoisotopic (exact) mass is 414 g/mol. The molecule has 28 heavy (non-hydrogen) atoms. The lowest BCUT2D eigenvalue weighted by atomic mass is 10.2. The molecule has 0 aliphatic heterocycles. The second-order valence-corrected chi connectivity index (χ2v) is 7.76. The van der Waals surface area contributed by atoms with Gasteiger partial charge in [0.15, 0.2) is 5.16 Å². The highest BCUT2D eigenvalue weighted by molar-refractivity contribution is 7.98. The molecule has 2 aromatic carbocycles. The maximum atomic E-state index is 12.9. The summed E-state index contributed by atoms with van der Waals surface area (Å²) in [6, 6.07) is 13.3. The predicted octanol–water partition coefficient (Wildman–Crippen LogP) is 4.41. The van der Waals surface area contributed by atoms with Gasteiger partial charge in [0.2, 0.25) is 5.78 Å². The summed E-state index contributed by atoms with van der Waals surface area (Å²) in [5, 5.41) is 10.5. The van der Waals surface area contributed by atoms with Crippen molar-refractivity contribution in [3.05, 3.63) is 63.4 Å². The maximum Gasteiger partial charge on any atom is 0.262 e. The highest BCUT2D eigenvalue weighted by Crippen LogP contribution is 2.27. The highest BCUT2D eigenvalue weighted by atomic mass is 35.5. The molecule has 0 radical (unpaired) electrons. The van der Waals surface area contributed by atoms with E-state index in [1.807, 2.05) is 41.7 Å². The number of hydrogen-bond acceptors (Lipinski definition) is 5. The molecule has 0 unspecified atom stereocenters. The van der Waals surface area contributed by atoms with Crippen molar-refractivity contribution >= 4 is 40.0 Å². The van der Waals surface area contributed by atoms with E-state index in [0.29, 0.717) is 28.5 Å². The van der Waals surface area contributed by atoms with Crippen LogP contribution in [0.2, 0.25) is 5.02 Å². The molecule has 2 heterocycles. The van der Waals surface area contributed by atoms with E-state index >= 15 is 0 Å². The van der Waals surface area contributed by atoms with Gasteiger partial charge < -0.3 is 4.74 Å². The van der Waals surface area contributed by atoms with Gasteiger partial charge in [-0.1, -0.05) is 42.4 Å². The zero-order valence-electron chi connectivity index (χ0n) is 15.6. The smallest absolute Gasteiger partial charge is 0.262 e. The van der Waals surface area contributed by atoms with E-state index in [2.05, 4.69) is 10.2 Å². The number of thioether (sulfide) groups is 1. The van der Waals surface area contributed by atoms with E-state index in [1.54, 1.807) is 35.6 Å². The van der Waals surface area contributed by atoms with E-state index in [4.69, 9.17) is 16.3 Å². The van der Waals surface area contributed by atoms with Crippen molar-refractivity contribution in [2.45, 2.75) is 30.8 Å². The van der Waals surface area contributed by atoms with Crippen LogP contribution in [0.25, 0.3) is 16.7 Å². The van der Waals surface area contributed by atoms with Crippen molar-refractivity contribution in [3.63, 3.8) is 0 Å². The van der Waals surface area contributed by atoms with Gasteiger partial charge in [0.05, 0.1) is 18.0 Å². The zero-order valence-corrected chi connectivity index (χ0v) is 17.1. The lowest BCUT2D eigenvalue weighted by molar-refractivity contribution is 0.414. The molecular weight excluding hydrogens is 396 g/mol. The van der Waals surface area contributed by atoms with Gasteiger partial charge in [0, 0.05) is 17.3 Å². The summed E-state index contributed by atoms with van der Waals surface area (Å²) in [7, 11) is 1.66. The zero-order chi connectivity index (χ0) is 19.7. The minimum atomic E-state index is -0.0939. The number of hydrogen-bond donors (Lipinski definition) is 0. The first-order valence-corrected chi connectivity index (χ1v) is 10.3. The van der Waals surface area contributed by atoms with Gasteiger partial charge in [0.1, 0.15) is 5.75 Å². The molecule has 144 valence electrons. The van der Waals surface area contributed by atoms with Crippen LogP contribution in [-0.2, 0) is 12.3 Å². The highest BCUT2D eigenvalue weighted by Gasteiger charge is 2.17. The Bertz CT molecular complexity index is 1220. The molecule has 0 atom stereocenters. The summed E-state index contributed by atoms with van der Waals surface area (Å²) in [6.07, 6.45) is 0.820. The Hall–Kier alpha value is -2.51. The molecule has 6 nitrogen and oxygen atoms in total. The van der Waals surface area contributed by atoms with Crippen LogP contribution in [0, 0.1) is 0 Å². The molecular formula is C20H19ClN4O2S. The third-order valence-corrected chi connectivity index (χ3v) is 5.72. The number of nitrogens with zero attached hydrogens (tertiary/aromatic N) is 4. The van der Waals surface area contributed by atoms with Gasteiger partial charge in [-0.3, -0.25) is 13.8 Å². The van der Waals surface area contributed by atoms with Crippen LogP contribution < -0.4 is 10.3 Å². The second kappa shape index (κ2) is 7.85. The van der Waals surface area contributed by atoms with Crippen molar-refractivity contribution in [1.29, 1.82) is 0 Å². The summed E-state index contributed by atoms with van der Waals surface area (Å²) < 4.78 is 8.90. The van der Waals surface area contributed by atoms with Gasteiger partial charge in [-0.2, -0.15) is 0 Å². The fraction of sp³-hybridized carbons (Fsp3) is 0.250. The maximum absolute atomic E-state index is 12.9. The molecule has 4 rings (SSSR count). The summed E-state index contributed by atoms with van der Waals surface area (Å²) in [4.78, 5) is 12.9. The first kappa shape index (κ1) is 18.8. The van der Waals surface area contributed by atoms with Crippen molar-refractivity contribution in [1.82, 2.24) is 19.2 Å². The average Bonchev–Trinajstić information content (AvgIpc) is 3.13. The SMILES string of the molecule is CCCn1c(=O)c2cc(Cl)ccc2n2c(SCc3cccc(OC)c3)nnc12. The average molecular weight is 415 g/mol. The summed E-state index contributed by atoms with van der Waals surface area (Å²) >= 11 is 7.71. The Morgan fingerprint density at radius 2 is 2.04 bits per heavy atom. The molecule has 2 aromatic heterocycles. The number of ether oxygens (including phenoxy) is 1. The lowest BCUT2D eigenvalue weighted by Crippen LogP contribution is -2.23. The Labute approximate surface area is 171 Å². The number of aromatic nitrogens is 4. The fourth-order valence-corrected chi connectivity index (χ4v) is 4.24. The van der Waals surface area contributed by atoms with E-state index in [-0.39, 0.29) is 5.56 Å². The van der Waals surface area contributed by atoms with Crippen molar-refractivity contribution in [2.24, 2.45) is 0 Å². The van der Waals surface area contributed by atoms with Crippen LogP contribution in [0.5, 0.6) is 5.75 Å². The van der Waals surface area contributed by atoms with Crippen molar-refractivity contribution in [2.75, 3.05) is 7.11 Å². The van der Waals surface area contributed by atoms with Crippen molar-refractivity contribution < 1.29 is 4.74 Å². The topological polar surface area (TPSA) is 61.4 Å². The van der Waals surface area contributed by atoms with Gasteiger partial charge in [-0.25, -0.2) is 0 Å². The molecule has 0 aliphatic rings. The Balaban J connectivity index is 1.83. The van der Waals surface area contributed by atoms with Crippen LogP contribution in [0.4, 0.5) is 0 Å². The van der Waals surface area contributed by atoms with Crippen molar-refractivity contribution in [3.8, 4) is 5.75 Å². The normalized spacial score (nSPS) is 11.4. The van der Waals surface area contributed by atoms with Gasteiger partial charge in [-0.15, -0.1) is 10.2 Å². The Morgan fingerprint density at radius 1 is 1.18 bits per heavy atom. The van der Waals surface area contributed by atoms with E-state index in [9.17, 15) is 4.79 Å². The number of fused-ring (bicyclic) bond motifs is 3. The van der Waals surface area contributed by atoms with Crippen LogP contribution in [-0.4, -0.2) is 26.3 Å². The first-order valence-electron chi connectivity index (χ1n) is 8.95. The largest absolute Gasteiger partial charge is 0.497 e. The van der Waals surface area contributed by atoms with E-state index in [0.717, 1.165) is 28.4 Å². The van der Waals surface area contributed by atoms with Crippen LogP contribution >= 0.6 is 23.4 Å². The standard InChI is InChI=1S/C20H19ClN4O2S/c1-3-9-24-18(26)16-11-14(21)7-8-17(16)25-19(24)22-23-20(25)28-12-13-5-4-6-15(10-13)27-2/h4-8,10-11H,3,9,12H2,1-2H3. The second-order valence-electron chi connectivity index (χ2n) is 6.38. The number of rotatable bonds is 6. The number of halogens is 1. The summed E-state index contributed by atoms with van der Waals surface area (Å²) in [5.41, 5.74) is 1.79. The van der Waals surface area contributed by atoms with Crippen LogP contribution in [0.15, 0.2) is 52.4 Å². The van der Waals surface area contributed by atoms with Gasteiger partial charge in [0.25, 0.3) is 5.56 Å². The van der Waals surface area contributed by atoms with E-state index < -0.39 is 0 Å². The predicted molar refractivity (Wildman–Crippen MR) is 113 cm³/mol. The molecule has 0 saturated carbocycles. The molecule has 0 saturated heterocycles. The first-order chi connectivity index (χ1) is 13.6. The van der Waals surface area contributed by atoms with Gasteiger partial charge in [-0.05, 0) is 42.3 Å². The quantitative estimate of drug-likeness (QED) is 0.437. The summed E-state index contributed by atoms with van der Waals surface area (Å²) in [6.45, 7) is 2.60. The number of aryl methyl sites for hydroxylation is 1. The fourth-order valence-electron chi connectivity index (χ4n) is 3.19. The minimum absolute atomic E-state index is 0.0939. The Kier molecular flexibility index (Phi) is 5.28. The number of methoxy groups -OCH3 is 1. The molecule has 0 bridgehead atoms. The Morgan fingerprint density at radius 3 is 2.82 bits per heavy atom.